The van der Waals surface area contributed by atoms with E-state index in [0.29, 0.717) is 5.91 Å². The summed E-state index contributed by atoms with van der Waals surface area (Å²) in [6.45, 7) is 8.51. The molecule has 3 nitrogen and oxygen atoms in total. The van der Waals surface area contributed by atoms with E-state index in [1.807, 2.05) is 0 Å². The van der Waals surface area contributed by atoms with E-state index in [1.54, 1.807) is 0 Å². The highest BCUT2D eigenvalue weighted by Gasteiger charge is 2.41. The van der Waals surface area contributed by atoms with Crippen molar-refractivity contribution in [2.24, 2.45) is 11.3 Å². The normalized spacial score (nSPS) is 23.8. The minimum Gasteiger partial charge on any atom is -0.342 e. The lowest BCUT2D eigenvalue weighted by Gasteiger charge is -2.42. The topological polar surface area (TPSA) is 32.3 Å². The summed E-state index contributed by atoms with van der Waals surface area (Å²) in [4.78, 5) is 15.2. The fraction of sp³-hybridized carbons (Fsp3) is 0.941. The van der Waals surface area contributed by atoms with Gasteiger partial charge in [-0.05, 0) is 51.1 Å². The smallest absolute Gasteiger partial charge is 0.228 e. The maximum atomic E-state index is 13.0. The standard InChI is InChI=1S/C17H32N2O/c1-3-5-15-6-13-19(14-7-15)16(20)17(8-4-2)9-11-18-12-10-17/h15,18H,3-14H2,1-2H3. The predicted octanol–water partition coefficient (Wildman–Crippen LogP) is 3.20. The van der Waals surface area contributed by atoms with E-state index in [9.17, 15) is 4.79 Å². The molecule has 2 rings (SSSR count). The number of piperidine rings is 2. The van der Waals surface area contributed by atoms with E-state index in [4.69, 9.17) is 0 Å². The number of hydrogen-bond acceptors (Lipinski definition) is 2. The molecule has 0 unspecified atom stereocenters. The third-order valence-corrected chi connectivity index (χ3v) is 5.34. The molecule has 0 aromatic rings. The molecule has 2 heterocycles. The maximum absolute atomic E-state index is 13.0. The van der Waals surface area contributed by atoms with Crippen LogP contribution in [-0.2, 0) is 4.79 Å². The zero-order valence-corrected chi connectivity index (χ0v) is 13.4. The molecule has 0 radical (unpaired) electrons. The summed E-state index contributed by atoms with van der Waals surface area (Å²) in [6, 6.07) is 0. The van der Waals surface area contributed by atoms with Gasteiger partial charge in [-0.3, -0.25) is 4.79 Å². The van der Waals surface area contributed by atoms with Crippen LogP contribution in [-0.4, -0.2) is 37.0 Å². The van der Waals surface area contributed by atoms with E-state index < -0.39 is 0 Å². The van der Waals surface area contributed by atoms with Gasteiger partial charge in [-0.25, -0.2) is 0 Å². The summed E-state index contributed by atoms with van der Waals surface area (Å²) in [5.74, 6) is 1.33. The van der Waals surface area contributed by atoms with Crippen LogP contribution in [0.15, 0.2) is 0 Å². The monoisotopic (exact) mass is 280 g/mol. The average Bonchev–Trinajstić information content (AvgIpc) is 2.49. The molecule has 20 heavy (non-hydrogen) atoms. The molecular weight excluding hydrogens is 248 g/mol. The minimum atomic E-state index is -0.0441. The molecule has 0 bridgehead atoms. The summed E-state index contributed by atoms with van der Waals surface area (Å²) in [5, 5.41) is 3.41. The Hall–Kier alpha value is -0.570. The molecule has 3 heteroatoms. The van der Waals surface area contributed by atoms with Gasteiger partial charge in [0.05, 0.1) is 5.41 Å². The Labute approximate surface area is 124 Å². The summed E-state index contributed by atoms with van der Waals surface area (Å²) >= 11 is 0. The van der Waals surface area contributed by atoms with Crippen LogP contribution in [0.25, 0.3) is 0 Å². The van der Waals surface area contributed by atoms with Crippen LogP contribution in [0.2, 0.25) is 0 Å². The van der Waals surface area contributed by atoms with Crippen LogP contribution < -0.4 is 5.32 Å². The highest BCUT2D eigenvalue weighted by molar-refractivity contribution is 5.83. The first kappa shape index (κ1) is 15.8. The first-order valence-corrected chi connectivity index (χ1v) is 8.72. The van der Waals surface area contributed by atoms with E-state index in [-0.39, 0.29) is 5.41 Å². The Morgan fingerprint density at radius 2 is 1.80 bits per heavy atom. The van der Waals surface area contributed by atoms with Crippen LogP contribution in [0.5, 0.6) is 0 Å². The molecule has 2 saturated heterocycles. The Morgan fingerprint density at radius 1 is 1.15 bits per heavy atom. The lowest BCUT2D eigenvalue weighted by Crippen LogP contribution is -2.51. The summed E-state index contributed by atoms with van der Waals surface area (Å²) in [6.07, 6.45) is 9.33. The zero-order valence-electron chi connectivity index (χ0n) is 13.4. The van der Waals surface area contributed by atoms with Crippen molar-refractivity contribution >= 4 is 5.91 Å². The van der Waals surface area contributed by atoms with E-state index in [0.717, 1.165) is 57.8 Å². The second kappa shape index (κ2) is 7.44. The third kappa shape index (κ3) is 3.55. The molecule has 0 saturated carbocycles. The Kier molecular flexibility index (Phi) is 5.88. The predicted molar refractivity (Wildman–Crippen MR) is 83.7 cm³/mol. The van der Waals surface area contributed by atoms with Crippen molar-refractivity contribution in [3.05, 3.63) is 0 Å². The highest BCUT2D eigenvalue weighted by Crippen LogP contribution is 2.37. The Bertz CT molecular complexity index is 297. The second-order valence-electron chi connectivity index (χ2n) is 6.80. The van der Waals surface area contributed by atoms with Gasteiger partial charge in [-0.1, -0.05) is 33.1 Å². The van der Waals surface area contributed by atoms with Gasteiger partial charge in [-0.15, -0.1) is 0 Å². The van der Waals surface area contributed by atoms with Crippen molar-refractivity contribution in [3.8, 4) is 0 Å². The largest absolute Gasteiger partial charge is 0.342 e. The van der Waals surface area contributed by atoms with Gasteiger partial charge in [0.2, 0.25) is 5.91 Å². The molecule has 2 aliphatic heterocycles. The van der Waals surface area contributed by atoms with Crippen molar-refractivity contribution in [1.29, 1.82) is 0 Å². The zero-order chi connectivity index (χ0) is 14.4. The Morgan fingerprint density at radius 3 is 2.35 bits per heavy atom. The van der Waals surface area contributed by atoms with Crippen molar-refractivity contribution in [2.75, 3.05) is 26.2 Å². The number of likely N-dealkylation sites (tertiary alicyclic amines) is 1. The van der Waals surface area contributed by atoms with E-state index in [2.05, 4.69) is 24.1 Å². The third-order valence-electron chi connectivity index (χ3n) is 5.34. The first-order chi connectivity index (χ1) is 9.72. The average molecular weight is 280 g/mol. The first-order valence-electron chi connectivity index (χ1n) is 8.72. The van der Waals surface area contributed by atoms with Crippen molar-refractivity contribution in [2.45, 2.75) is 65.2 Å². The highest BCUT2D eigenvalue weighted by atomic mass is 16.2. The number of carbonyl (C=O) groups is 1. The number of carbonyl (C=O) groups excluding carboxylic acids is 1. The lowest BCUT2D eigenvalue weighted by atomic mass is 9.73. The summed E-state index contributed by atoms with van der Waals surface area (Å²) in [7, 11) is 0. The number of nitrogens with zero attached hydrogens (tertiary/aromatic N) is 1. The molecule has 0 aliphatic carbocycles. The molecule has 116 valence electrons. The quantitative estimate of drug-likeness (QED) is 0.839. The molecule has 0 aromatic heterocycles. The van der Waals surface area contributed by atoms with Gasteiger partial charge in [0.1, 0.15) is 0 Å². The SMILES string of the molecule is CCCC1CCN(C(=O)C2(CCC)CCNCC2)CC1. The molecule has 0 aromatic carbocycles. The second-order valence-corrected chi connectivity index (χ2v) is 6.80. The molecule has 2 aliphatic rings. The molecule has 1 amide bonds. The van der Waals surface area contributed by atoms with Gasteiger partial charge >= 0.3 is 0 Å². The van der Waals surface area contributed by atoms with Gasteiger partial charge in [-0.2, -0.15) is 0 Å². The van der Waals surface area contributed by atoms with Crippen molar-refractivity contribution in [1.82, 2.24) is 10.2 Å². The van der Waals surface area contributed by atoms with Crippen LogP contribution in [0.3, 0.4) is 0 Å². The van der Waals surface area contributed by atoms with Crippen molar-refractivity contribution < 1.29 is 4.79 Å². The number of amides is 1. The summed E-state index contributed by atoms with van der Waals surface area (Å²) in [5.41, 5.74) is -0.0441. The molecule has 0 spiro atoms. The van der Waals surface area contributed by atoms with Crippen LogP contribution in [0, 0.1) is 11.3 Å². The molecule has 2 fully saturated rings. The van der Waals surface area contributed by atoms with Crippen LogP contribution in [0.1, 0.15) is 65.2 Å². The Balaban J connectivity index is 1.95. The number of nitrogens with one attached hydrogen (secondary N) is 1. The van der Waals surface area contributed by atoms with Gasteiger partial charge in [0.15, 0.2) is 0 Å². The van der Waals surface area contributed by atoms with Crippen LogP contribution in [0.4, 0.5) is 0 Å². The maximum Gasteiger partial charge on any atom is 0.228 e. The van der Waals surface area contributed by atoms with E-state index >= 15 is 0 Å². The lowest BCUT2D eigenvalue weighted by molar-refractivity contribution is -0.146. The van der Waals surface area contributed by atoms with Crippen LogP contribution >= 0.6 is 0 Å². The van der Waals surface area contributed by atoms with Crippen molar-refractivity contribution in [3.63, 3.8) is 0 Å². The minimum absolute atomic E-state index is 0.0441. The van der Waals surface area contributed by atoms with Gasteiger partial charge in [0.25, 0.3) is 0 Å². The molecular formula is C17H32N2O. The van der Waals surface area contributed by atoms with Gasteiger partial charge < -0.3 is 10.2 Å². The molecule has 0 atom stereocenters. The number of hydrogen-bond donors (Lipinski definition) is 1. The van der Waals surface area contributed by atoms with Gasteiger partial charge in [0, 0.05) is 13.1 Å². The molecule has 1 N–H and O–H groups in total. The fourth-order valence-electron chi connectivity index (χ4n) is 4.12. The fourth-order valence-corrected chi connectivity index (χ4v) is 4.12. The van der Waals surface area contributed by atoms with E-state index in [1.165, 1.54) is 25.7 Å². The summed E-state index contributed by atoms with van der Waals surface area (Å²) < 4.78 is 0. The number of rotatable bonds is 5.